The van der Waals surface area contributed by atoms with Crippen LogP contribution in [0, 0.1) is 13.8 Å². The molecular formula is C30H35ClN2O3. The minimum atomic E-state index is -0.686. The summed E-state index contributed by atoms with van der Waals surface area (Å²) in [6.07, 6.45) is 2.26. The second-order valence-electron chi connectivity index (χ2n) is 9.06. The van der Waals surface area contributed by atoms with E-state index < -0.39 is 6.04 Å². The van der Waals surface area contributed by atoms with Crippen molar-refractivity contribution in [3.05, 3.63) is 100 Å². The smallest absolute Gasteiger partial charge is 0.261 e. The summed E-state index contributed by atoms with van der Waals surface area (Å²) in [5.74, 6) is 0.251. The summed E-state index contributed by atoms with van der Waals surface area (Å²) in [5.41, 5.74) is 3.88. The number of hydrogen-bond donors (Lipinski definition) is 1. The summed E-state index contributed by atoms with van der Waals surface area (Å²) in [6.45, 7) is 6.69. The van der Waals surface area contributed by atoms with E-state index in [0.717, 1.165) is 35.1 Å². The fourth-order valence-electron chi connectivity index (χ4n) is 3.93. The van der Waals surface area contributed by atoms with Crippen molar-refractivity contribution in [2.45, 2.75) is 52.6 Å². The molecule has 3 aromatic rings. The molecule has 3 aromatic carbocycles. The molecule has 3 rings (SSSR count). The lowest BCUT2D eigenvalue weighted by Gasteiger charge is -2.31. The molecule has 5 nitrogen and oxygen atoms in total. The van der Waals surface area contributed by atoms with E-state index >= 15 is 0 Å². The van der Waals surface area contributed by atoms with E-state index in [1.54, 1.807) is 17.0 Å². The van der Waals surface area contributed by atoms with Gasteiger partial charge in [0.15, 0.2) is 6.61 Å². The van der Waals surface area contributed by atoms with Crippen LogP contribution in [0.25, 0.3) is 0 Å². The maximum absolute atomic E-state index is 13.6. The Morgan fingerprint density at radius 3 is 2.39 bits per heavy atom. The number of hydrogen-bond acceptors (Lipinski definition) is 3. The van der Waals surface area contributed by atoms with E-state index in [0.29, 0.717) is 23.7 Å². The van der Waals surface area contributed by atoms with E-state index in [1.165, 1.54) is 0 Å². The molecule has 0 radical (unpaired) electrons. The SMILES string of the molecule is CCCCNC(=O)C(Cc1ccccc1)N(Cc1ccc(Cl)cc1)C(=O)COc1cc(C)ccc1C. The molecule has 2 amide bonds. The predicted octanol–water partition coefficient (Wildman–Crippen LogP) is 5.89. The highest BCUT2D eigenvalue weighted by Gasteiger charge is 2.30. The first-order chi connectivity index (χ1) is 17.4. The summed E-state index contributed by atoms with van der Waals surface area (Å²) in [7, 11) is 0. The van der Waals surface area contributed by atoms with E-state index in [2.05, 4.69) is 12.2 Å². The summed E-state index contributed by atoms with van der Waals surface area (Å²) in [5, 5.41) is 3.65. The number of nitrogens with zero attached hydrogens (tertiary/aromatic N) is 1. The zero-order valence-electron chi connectivity index (χ0n) is 21.3. The Morgan fingerprint density at radius 2 is 1.69 bits per heavy atom. The molecule has 0 aliphatic carbocycles. The molecule has 1 N–H and O–H groups in total. The molecule has 6 heteroatoms. The lowest BCUT2D eigenvalue weighted by atomic mass is 10.0. The van der Waals surface area contributed by atoms with Gasteiger partial charge in [0.25, 0.3) is 5.91 Å². The number of carbonyl (C=O) groups is 2. The lowest BCUT2D eigenvalue weighted by Crippen LogP contribution is -2.51. The second kappa shape index (κ2) is 13.7. The molecule has 1 unspecified atom stereocenters. The van der Waals surface area contributed by atoms with Crippen molar-refractivity contribution in [2.75, 3.05) is 13.2 Å². The average Bonchev–Trinajstić information content (AvgIpc) is 2.88. The molecule has 0 heterocycles. The lowest BCUT2D eigenvalue weighted by molar-refractivity contribution is -0.142. The van der Waals surface area contributed by atoms with Crippen molar-refractivity contribution >= 4 is 23.4 Å². The monoisotopic (exact) mass is 506 g/mol. The number of benzene rings is 3. The minimum absolute atomic E-state index is 0.161. The van der Waals surface area contributed by atoms with Crippen molar-refractivity contribution in [2.24, 2.45) is 0 Å². The van der Waals surface area contributed by atoms with Crippen LogP contribution in [0.2, 0.25) is 5.02 Å². The molecule has 0 bridgehead atoms. The number of unbranched alkanes of at least 4 members (excludes halogenated alkanes) is 1. The van der Waals surface area contributed by atoms with Crippen LogP contribution in [0.3, 0.4) is 0 Å². The van der Waals surface area contributed by atoms with Gasteiger partial charge in [-0.05, 0) is 60.7 Å². The van der Waals surface area contributed by atoms with E-state index in [1.807, 2.05) is 74.5 Å². The largest absolute Gasteiger partial charge is 0.483 e. The predicted molar refractivity (Wildman–Crippen MR) is 145 cm³/mol. The molecular weight excluding hydrogens is 472 g/mol. The Bertz CT molecular complexity index is 1130. The van der Waals surface area contributed by atoms with E-state index in [4.69, 9.17) is 16.3 Å². The molecule has 0 saturated heterocycles. The molecule has 0 aromatic heterocycles. The summed E-state index contributed by atoms with van der Waals surface area (Å²) in [6, 6.07) is 22.3. The zero-order valence-corrected chi connectivity index (χ0v) is 22.1. The van der Waals surface area contributed by atoms with Gasteiger partial charge in [-0.3, -0.25) is 9.59 Å². The molecule has 0 aliphatic heterocycles. The zero-order chi connectivity index (χ0) is 25.9. The Kier molecular flexibility index (Phi) is 10.4. The maximum Gasteiger partial charge on any atom is 0.261 e. The number of halogens is 1. The van der Waals surface area contributed by atoms with Gasteiger partial charge in [-0.2, -0.15) is 0 Å². The van der Waals surface area contributed by atoms with Gasteiger partial charge in [-0.15, -0.1) is 0 Å². The fourth-order valence-corrected chi connectivity index (χ4v) is 4.06. The Labute approximate surface area is 219 Å². The van der Waals surface area contributed by atoms with Crippen molar-refractivity contribution < 1.29 is 14.3 Å². The second-order valence-corrected chi connectivity index (χ2v) is 9.49. The maximum atomic E-state index is 13.6. The quantitative estimate of drug-likeness (QED) is 0.311. The number of ether oxygens (including phenoxy) is 1. The highest BCUT2D eigenvalue weighted by atomic mass is 35.5. The van der Waals surface area contributed by atoms with Crippen molar-refractivity contribution in [1.29, 1.82) is 0 Å². The molecule has 0 spiro atoms. The molecule has 0 fully saturated rings. The van der Waals surface area contributed by atoms with Gasteiger partial charge in [0.2, 0.25) is 5.91 Å². The van der Waals surface area contributed by atoms with Crippen LogP contribution in [0.15, 0.2) is 72.8 Å². The summed E-state index contributed by atoms with van der Waals surface area (Å²) < 4.78 is 5.95. The van der Waals surface area contributed by atoms with Gasteiger partial charge in [0, 0.05) is 24.5 Å². The van der Waals surface area contributed by atoms with Crippen molar-refractivity contribution in [3.63, 3.8) is 0 Å². The van der Waals surface area contributed by atoms with Crippen LogP contribution >= 0.6 is 11.6 Å². The van der Waals surface area contributed by atoms with E-state index in [-0.39, 0.29) is 25.0 Å². The Balaban J connectivity index is 1.89. The van der Waals surface area contributed by atoms with E-state index in [9.17, 15) is 9.59 Å². The molecule has 36 heavy (non-hydrogen) atoms. The number of carbonyl (C=O) groups excluding carboxylic acids is 2. The van der Waals surface area contributed by atoms with Gasteiger partial charge < -0.3 is 15.0 Å². The number of amides is 2. The number of nitrogens with one attached hydrogen (secondary N) is 1. The summed E-state index contributed by atoms with van der Waals surface area (Å²) in [4.78, 5) is 28.7. The first-order valence-electron chi connectivity index (χ1n) is 12.4. The highest BCUT2D eigenvalue weighted by Crippen LogP contribution is 2.21. The van der Waals surface area contributed by atoms with Gasteiger partial charge in [-0.1, -0.05) is 79.5 Å². The minimum Gasteiger partial charge on any atom is -0.483 e. The number of aryl methyl sites for hydroxylation is 2. The van der Waals surface area contributed by atoms with Gasteiger partial charge in [-0.25, -0.2) is 0 Å². The molecule has 0 saturated carbocycles. The standard InChI is InChI=1S/C30H35ClN2O3/c1-4-5-17-32-30(35)27(19-24-9-7-6-8-10-24)33(20-25-13-15-26(31)16-14-25)29(34)21-36-28-18-22(2)11-12-23(28)3/h6-16,18,27H,4-5,17,19-21H2,1-3H3,(H,32,35). The van der Waals surface area contributed by atoms with Crippen LogP contribution < -0.4 is 10.1 Å². The van der Waals surface area contributed by atoms with Crippen molar-refractivity contribution in [1.82, 2.24) is 10.2 Å². The summed E-state index contributed by atoms with van der Waals surface area (Å²) >= 11 is 6.08. The first-order valence-corrected chi connectivity index (χ1v) is 12.8. The fraction of sp³-hybridized carbons (Fsp3) is 0.333. The normalized spacial score (nSPS) is 11.6. The topological polar surface area (TPSA) is 58.6 Å². The third-order valence-electron chi connectivity index (χ3n) is 6.06. The van der Waals surface area contributed by atoms with Gasteiger partial charge in [0.1, 0.15) is 11.8 Å². The Morgan fingerprint density at radius 1 is 0.972 bits per heavy atom. The van der Waals surface area contributed by atoms with Crippen LogP contribution in [0.1, 0.15) is 42.0 Å². The third kappa shape index (κ3) is 8.13. The third-order valence-corrected chi connectivity index (χ3v) is 6.31. The highest BCUT2D eigenvalue weighted by molar-refractivity contribution is 6.30. The Hall–Kier alpha value is -3.31. The van der Waals surface area contributed by atoms with Gasteiger partial charge >= 0.3 is 0 Å². The molecule has 1 atom stereocenters. The van der Waals surface area contributed by atoms with Crippen LogP contribution in [0.5, 0.6) is 5.75 Å². The van der Waals surface area contributed by atoms with Crippen molar-refractivity contribution in [3.8, 4) is 5.75 Å². The number of rotatable bonds is 12. The van der Waals surface area contributed by atoms with Gasteiger partial charge in [0.05, 0.1) is 0 Å². The van der Waals surface area contributed by atoms with Crippen LogP contribution in [-0.4, -0.2) is 35.9 Å². The molecule has 0 aliphatic rings. The molecule has 190 valence electrons. The first kappa shape index (κ1) is 27.3. The van der Waals surface area contributed by atoms with Crippen LogP contribution in [0.4, 0.5) is 0 Å². The average molecular weight is 507 g/mol. The van der Waals surface area contributed by atoms with Crippen LogP contribution in [-0.2, 0) is 22.6 Å².